The molecule has 0 saturated carbocycles. The van der Waals surface area contributed by atoms with E-state index in [2.05, 4.69) is 440 Å². The van der Waals surface area contributed by atoms with Gasteiger partial charge in [-0.3, -0.25) is 0 Å². The number of para-hydroxylation sites is 2. The summed E-state index contributed by atoms with van der Waals surface area (Å²) in [4.78, 5) is 17.1. The van der Waals surface area contributed by atoms with Crippen LogP contribution in [0.3, 0.4) is 0 Å². The summed E-state index contributed by atoms with van der Waals surface area (Å²) in [5.74, 6) is 1.42. The van der Waals surface area contributed by atoms with Crippen LogP contribution in [0.25, 0.3) is 223 Å². The summed E-state index contributed by atoms with van der Waals surface area (Å²) in [6.45, 7) is 6.79. The van der Waals surface area contributed by atoms with Crippen LogP contribution in [0.1, 0.15) is 57.3 Å². The zero-order valence-corrected chi connectivity index (χ0v) is 72.3. The summed E-state index contributed by atoms with van der Waals surface area (Å²) < 4.78 is 18.9. The van der Waals surface area contributed by atoms with Gasteiger partial charge >= 0.3 is 0 Å². The molecule has 0 amide bonds. The lowest BCUT2D eigenvalue weighted by Crippen LogP contribution is -2.25. The fourth-order valence-corrected chi connectivity index (χ4v) is 23.6. The first-order valence-corrected chi connectivity index (χ1v) is 45.7. The van der Waals surface area contributed by atoms with Crippen molar-refractivity contribution in [1.82, 2.24) is 24.1 Å². The van der Waals surface area contributed by atoms with E-state index in [1.165, 1.54) is 111 Å². The van der Waals surface area contributed by atoms with Gasteiger partial charge in [-0.1, -0.05) is 340 Å². The van der Waals surface area contributed by atoms with Crippen LogP contribution in [0.2, 0.25) is 0 Å². The molecule has 0 fully saturated rings. The number of fused-ring (bicyclic) bond motifs is 32. The van der Waals surface area contributed by atoms with Crippen molar-refractivity contribution in [3.63, 3.8) is 0 Å². The summed E-state index contributed by atoms with van der Waals surface area (Å²) >= 11 is 0. The van der Waals surface area contributed by atoms with Gasteiger partial charge in [-0.25, -0.2) is 15.0 Å². The second kappa shape index (κ2) is 28.6. The van der Waals surface area contributed by atoms with E-state index >= 15 is 0 Å². The predicted octanol–water partition coefficient (Wildman–Crippen LogP) is 30.3. The summed E-state index contributed by atoms with van der Waals surface area (Å²) in [6.07, 6.45) is 4.16. The Morgan fingerprint density at radius 2 is 0.639 bits per heavy atom. The number of rotatable bonds is 11. The fraction of sp³-hybridized carbons (Fsp3) is 0.0238. The Hall–Kier alpha value is -17.4. The van der Waals surface area contributed by atoms with Crippen LogP contribution in [-0.2, 0) is 10.8 Å². The second-order valence-electron chi connectivity index (χ2n) is 35.8. The Labute approximate surface area is 766 Å². The number of hydrogen-bond acceptors (Lipinski definition) is 5. The number of benzene rings is 19. The van der Waals surface area contributed by atoms with Gasteiger partial charge in [0.1, 0.15) is 22.2 Å². The van der Waals surface area contributed by atoms with Gasteiger partial charge in [0.25, 0.3) is 0 Å². The van der Waals surface area contributed by atoms with Crippen molar-refractivity contribution < 1.29 is 8.83 Å². The molecule has 4 aliphatic rings. The van der Waals surface area contributed by atoms with E-state index in [4.69, 9.17) is 30.4 Å². The molecule has 618 valence electrons. The standard InChI is InChI=1S/C126H77N5O2/c1-3-30-97(116-75(2)132-113-65-57-81(73-101(113)116)79-55-63-111-99(71-79)93-59-61-109-118(120(93)130(111)87-37-12-6-13-38-87)95-45-20-26-52-107(95)125(109)103-48-22-16-41-89(103)90-42-17-23-49-104(90)125)123-127-122(83-36-28-35-78(67-83)86-69-84(76-31-8-4-9-32-76)68-85(70-86)77-33-10-5-11-34-77)128-124(129-123)98-47-29-54-115-117(98)102-74-82(58-66-114(102)133-115)80-56-64-112-100(72-80)94-60-62-110-119(121(94)131(112)88-39-14-7-15-40-88)96-46-21-27-53-108(96)126(110)105-50-24-18-43-91(105)92-44-19-25-51-106(92)126/h3-74H,2H2,1H3/b30-3-,116-97-. The van der Waals surface area contributed by atoms with Crippen molar-refractivity contribution in [2.45, 2.75) is 17.8 Å². The van der Waals surface area contributed by atoms with E-state index in [9.17, 15) is 0 Å². The average Bonchev–Trinajstić information content (AvgIpc) is 1.50. The van der Waals surface area contributed by atoms with Gasteiger partial charge in [0.15, 0.2) is 17.5 Å². The smallest absolute Gasteiger partial charge is 0.164 e. The summed E-state index contributed by atoms with van der Waals surface area (Å²) in [5.41, 5.74) is 42.2. The SMILES string of the molecule is C=c1oc2ccc(-c3ccc4c(c3)c3ccc5c(c3n4-c3ccccc3)-c3ccccc3C53c4ccccc4-c4ccccc43)cc2/c1=C(/C=C\C)c1nc(-c2cccc(-c3cc(-c4ccccc4)cc(-c4ccccc4)c3)c2)nc(-c2cccc3oc4ccc(-c5ccc6c(c5)c5ccc7c(c5n6-c5ccccc5)-c5ccccc5C75c6ccccc6-c6ccccc65)cc4c23)n1. The lowest BCUT2D eigenvalue weighted by molar-refractivity contribution is 0.577. The highest BCUT2D eigenvalue weighted by Gasteiger charge is 2.54. The molecule has 7 nitrogen and oxygen atoms in total. The Balaban J connectivity index is 0.626. The molecule has 0 bridgehead atoms. The molecule has 28 rings (SSSR count). The number of furan rings is 2. The monoisotopic (exact) mass is 1690 g/mol. The number of nitrogens with zero attached hydrogens (tertiary/aromatic N) is 5. The Morgan fingerprint density at radius 3 is 1.13 bits per heavy atom. The maximum atomic E-state index is 7.01. The molecule has 5 heterocycles. The maximum absolute atomic E-state index is 7.01. The average molecular weight is 1690 g/mol. The minimum Gasteiger partial charge on any atom is -0.457 e. The van der Waals surface area contributed by atoms with Crippen molar-refractivity contribution >= 4 is 88.7 Å². The minimum absolute atomic E-state index is 0.449. The van der Waals surface area contributed by atoms with Crippen molar-refractivity contribution in [3.8, 4) is 134 Å². The Bertz CT molecular complexity index is 9160. The number of hydrogen-bond donors (Lipinski definition) is 0. The molecule has 0 aliphatic heterocycles. The molecule has 19 aromatic carbocycles. The highest BCUT2D eigenvalue weighted by molar-refractivity contribution is 6.20. The highest BCUT2D eigenvalue weighted by Crippen LogP contribution is 2.67. The third kappa shape index (κ3) is 10.6. The third-order valence-corrected chi connectivity index (χ3v) is 29.0. The molecule has 133 heavy (non-hydrogen) atoms. The zero-order chi connectivity index (χ0) is 87.5. The van der Waals surface area contributed by atoms with Crippen LogP contribution >= 0.6 is 0 Å². The van der Waals surface area contributed by atoms with Crippen molar-refractivity contribution in [1.29, 1.82) is 0 Å². The first-order valence-electron chi connectivity index (χ1n) is 45.7. The Kier molecular flexibility index (Phi) is 16.0. The van der Waals surface area contributed by atoms with Crippen molar-refractivity contribution in [3.05, 3.63) is 498 Å². The fourth-order valence-electron chi connectivity index (χ4n) is 23.6. The highest BCUT2D eigenvalue weighted by atomic mass is 16.3. The molecule has 7 heteroatoms. The molecule has 4 aliphatic carbocycles. The quantitative estimate of drug-likeness (QED) is 0.129. The third-order valence-electron chi connectivity index (χ3n) is 29.0. The van der Waals surface area contributed by atoms with E-state index in [1.54, 1.807) is 0 Å². The summed E-state index contributed by atoms with van der Waals surface area (Å²) in [5, 5.41) is 8.15. The van der Waals surface area contributed by atoms with Gasteiger partial charge in [-0.2, -0.15) is 0 Å². The van der Waals surface area contributed by atoms with Gasteiger partial charge in [-0.15, -0.1) is 0 Å². The molecular weight excluding hydrogens is 1620 g/mol. The first-order chi connectivity index (χ1) is 65.8. The molecule has 0 N–H and O–H groups in total. The van der Waals surface area contributed by atoms with E-state index in [0.717, 1.165) is 132 Å². The molecular formula is C126H77N5O2. The van der Waals surface area contributed by atoms with Gasteiger partial charge in [-0.05, 0) is 244 Å². The van der Waals surface area contributed by atoms with Crippen LogP contribution in [-0.4, -0.2) is 24.1 Å². The first kappa shape index (κ1) is 74.7. The maximum Gasteiger partial charge on any atom is 0.164 e. The molecule has 0 unspecified atom stereocenters. The van der Waals surface area contributed by atoms with Crippen LogP contribution in [0, 0.1) is 0 Å². The minimum atomic E-state index is -0.508. The van der Waals surface area contributed by atoms with E-state index in [-0.39, 0.29) is 0 Å². The molecule has 24 aromatic rings. The van der Waals surface area contributed by atoms with E-state index in [1.807, 2.05) is 13.0 Å². The van der Waals surface area contributed by atoms with Gasteiger partial charge in [0.2, 0.25) is 0 Å². The molecule has 0 atom stereocenters. The van der Waals surface area contributed by atoms with Crippen molar-refractivity contribution in [2.24, 2.45) is 0 Å². The molecule has 2 spiro atoms. The lowest BCUT2D eigenvalue weighted by Gasteiger charge is -2.30. The summed E-state index contributed by atoms with van der Waals surface area (Å²) in [7, 11) is 0. The van der Waals surface area contributed by atoms with Crippen LogP contribution < -0.4 is 10.6 Å². The van der Waals surface area contributed by atoms with Crippen LogP contribution in [0.4, 0.5) is 0 Å². The zero-order valence-electron chi connectivity index (χ0n) is 72.3. The number of allylic oxidation sites excluding steroid dienone is 2. The van der Waals surface area contributed by atoms with Crippen molar-refractivity contribution in [2.75, 3.05) is 0 Å². The van der Waals surface area contributed by atoms with E-state index < -0.39 is 10.8 Å². The molecule has 0 saturated heterocycles. The van der Waals surface area contributed by atoms with Crippen LogP contribution in [0.15, 0.2) is 446 Å². The molecule has 0 radical (unpaired) electrons. The second-order valence-corrected chi connectivity index (χ2v) is 35.8. The molecule has 5 aromatic heterocycles. The van der Waals surface area contributed by atoms with Gasteiger partial charge < -0.3 is 18.0 Å². The normalized spacial score (nSPS) is 13.5. The topological polar surface area (TPSA) is 74.8 Å². The van der Waals surface area contributed by atoms with E-state index in [0.29, 0.717) is 34.1 Å². The Morgan fingerprint density at radius 1 is 0.271 bits per heavy atom. The van der Waals surface area contributed by atoms with Gasteiger partial charge in [0, 0.05) is 82.1 Å². The number of aromatic nitrogens is 5. The predicted molar refractivity (Wildman–Crippen MR) is 545 cm³/mol. The van der Waals surface area contributed by atoms with Crippen LogP contribution in [0.5, 0.6) is 0 Å². The summed E-state index contributed by atoms with van der Waals surface area (Å²) in [6, 6.07) is 156. The lowest BCUT2D eigenvalue weighted by atomic mass is 9.70. The van der Waals surface area contributed by atoms with Gasteiger partial charge in [0.05, 0.1) is 32.9 Å². The largest absolute Gasteiger partial charge is 0.457 e.